The summed E-state index contributed by atoms with van der Waals surface area (Å²) in [5, 5.41) is 8.85. The number of benzene rings is 2. The zero-order chi connectivity index (χ0) is 24.7. The van der Waals surface area contributed by atoms with E-state index in [1.54, 1.807) is 24.3 Å². The number of aryl methyl sites for hydroxylation is 1. The monoisotopic (exact) mass is 486 g/mol. The van der Waals surface area contributed by atoms with Gasteiger partial charge in [0.25, 0.3) is 5.91 Å². The average molecular weight is 486 g/mol. The van der Waals surface area contributed by atoms with Crippen molar-refractivity contribution in [3.8, 4) is 6.01 Å². The fraction of sp³-hybridized carbons (Fsp3) is 0.333. The standard InChI is InChI=1S/C24H25F3N6O2/c25-24(26,27)15-35-23-32-21-29-14-17-7-5-16(6-8-17)4-2-1-3-13-28-20(34)18-9-11-19(12-10-18)30-22(31-21)33-23/h5-12H,1-4,13-15H2,(H,28,34)(H2,29,30,31,32,33). The molecule has 1 aromatic heterocycles. The molecule has 0 aliphatic carbocycles. The quantitative estimate of drug-likeness (QED) is 0.486. The minimum Gasteiger partial charge on any atom is -0.454 e. The Morgan fingerprint density at radius 2 is 1.54 bits per heavy atom. The van der Waals surface area contributed by atoms with Crippen LogP contribution in [0.3, 0.4) is 0 Å². The smallest absolute Gasteiger partial charge is 0.422 e. The van der Waals surface area contributed by atoms with Crippen molar-refractivity contribution in [1.82, 2.24) is 20.3 Å². The third kappa shape index (κ3) is 7.56. The molecule has 1 amide bonds. The first-order valence-corrected chi connectivity index (χ1v) is 11.3. The van der Waals surface area contributed by atoms with Gasteiger partial charge in [-0.1, -0.05) is 30.7 Å². The van der Waals surface area contributed by atoms with Gasteiger partial charge in [-0.2, -0.15) is 28.1 Å². The molecule has 0 fully saturated rings. The van der Waals surface area contributed by atoms with Crippen molar-refractivity contribution in [2.45, 2.75) is 38.4 Å². The van der Waals surface area contributed by atoms with Gasteiger partial charge in [0.1, 0.15) is 0 Å². The molecule has 35 heavy (non-hydrogen) atoms. The molecule has 8 nitrogen and oxygen atoms in total. The molecular weight excluding hydrogens is 461 g/mol. The first kappa shape index (κ1) is 24.2. The fourth-order valence-electron chi connectivity index (χ4n) is 3.48. The lowest BCUT2D eigenvalue weighted by Crippen LogP contribution is -2.24. The molecule has 0 atom stereocenters. The Bertz CT molecular complexity index is 1140. The Kier molecular flexibility index (Phi) is 7.64. The number of carbonyl (C=O) groups excluding carboxylic acids is 1. The van der Waals surface area contributed by atoms with Gasteiger partial charge < -0.3 is 20.7 Å². The van der Waals surface area contributed by atoms with Crippen LogP contribution in [0.1, 0.15) is 40.7 Å². The maximum absolute atomic E-state index is 12.6. The van der Waals surface area contributed by atoms with Gasteiger partial charge in [-0.3, -0.25) is 4.79 Å². The predicted molar refractivity (Wildman–Crippen MR) is 125 cm³/mol. The van der Waals surface area contributed by atoms with Gasteiger partial charge in [-0.25, -0.2) is 0 Å². The van der Waals surface area contributed by atoms with E-state index in [1.165, 1.54) is 5.56 Å². The number of aromatic nitrogens is 3. The van der Waals surface area contributed by atoms with Crippen molar-refractivity contribution >= 4 is 23.5 Å². The number of ether oxygens (including phenoxy) is 1. The van der Waals surface area contributed by atoms with E-state index in [1.807, 2.05) is 24.3 Å². The topological polar surface area (TPSA) is 101 Å². The molecule has 0 saturated heterocycles. The van der Waals surface area contributed by atoms with Crippen LogP contribution in [-0.2, 0) is 13.0 Å². The van der Waals surface area contributed by atoms with E-state index in [2.05, 4.69) is 30.9 Å². The number of nitrogens with one attached hydrogen (secondary N) is 3. The number of anilines is 3. The van der Waals surface area contributed by atoms with Crippen LogP contribution >= 0.6 is 0 Å². The molecule has 0 spiro atoms. The van der Waals surface area contributed by atoms with Gasteiger partial charge in [0.2, 0.25) is 11.9 Å². The molecular formula is C24H25F3N6O2. The highest BCUT2D eigenvalue weighted by Gasteiger charge is 2.29. The minimum atomic E-state index is -4.53. The van der Waals surface area contributed by atoms with Crippen LogP contribution in [0, 0.1) is 0 Å². The lowest BCUT2D eigenvalue weighted by Gasteiger charge is -2.12. The lowest BCUT2D eigenvalue weighted by atomic mass is 10.1. The van der Waals surface area contributed by atoms with Crippen LogP contribution in [0.25, 0.3) is 0 Å². The van der Waals surface area contributed by atoms with Gasteiger partial charge in [-0.15, -0.1) is 0 Å². The Balaban J connectivity index is 1.59. The summed E-state index contributed by atoms with van der Waals surface area (Å²) in [5.74, 6) is -0.115. The Morgan fingerprint density at radius 3 is 2.29 bits per heavy atom. The Labute approximate surface area is 200 Å². The van der Waals surface area contributed by atoms with E-state index < -0.39 is 18.8 Å². The summed E-state index contributed by atoms with van der Waals surface area (Å²) < 4.78 is 42.7. The van der Waals surface area contributed by atoms with Gasteiger partial charge >= 0.3 is 12.2 Å². The van der Waals surface area contributed by atoms with Crippen LogP contribution in [0.4, 0.5) is 30.8 Å². The molecule has 3 N–H and O–H groups in total. The maximum atomic E-state index is 12.6. The van der Waals surface area contributed by atoms with E-state index in [-0.39, 0.29) is 17.8 Å². The highest BCUT2D eigenvalue weighted by atomic mass is 19.4. The molecule has 184 valence electrons. The molecule has 6 bridgehead atoms. The minimum absolute atomic E-state index is 0.00174. The zero-order valence-electron chi connectivity index (χ0n) is 18.9. The summed E-state index contributed by atoms with van der Waals surface area (Å²) in [4.78, 5) is 24.5. The number of hydrogen-bond acceptors (Lipinski definition) is 7. The van der Waals surface area contributed by atoms with Crippen LogP contribution in [0.5, 0.6) is 6.01 Å². The highest BCUT2D eigenvalue weighted by molar-refractivity contribution is 5.94. The van der Waals surface area contributed by atoms with E-state index in [4.69, 9.17) is 4.74 Å². The van der Waals surface area contributed by atoms with Crippen molar-refractivity contribution in [3.63, 3.8) is 0 Å². The molecule has 0 saturated carbocycles. The van der Waals surface area contributed by atoms with Crippen molar-refractivity contribution in [1.29, 1.82) is 0 Å². The van der Waals surface area contributed by atoms with Gasteiger partial charge in [0, 0.05) is 24.3 Å². The molecule has 0 unspecified atom stereocenters. The molecule has 11 heteroatoms. The summed E-state index contributed by atoms with van der Waals surface area (Å²) in [6.45, 7) is -0.566. The second-order valence-electron chi connectivity index (χ2n) is 8.11. The molecule has 4 aliphatic rings. The van der Waals surface area contributed by atoms with Gasteiger partial charge in [-0.05, 0) is 54.7 Å². The number of halogens is 3. The van der Waals surface area contributed by atoms with Crippen LogP contribution in [-0.4, -0.2) is 40.2 Å². The molecule has 4 aliphatic heterocycles. The number of nitrogens with zero attached hydrogens (tertiary/aromatic N) is 3. The van der Waals surface area contributed by atoms with E-state index in [0.29, 0.717) is 24.3 Å². The summed E-state index contributed by atoms with van der Waals surface area (Å²) in [5.41, 5.74) is 3.21. The summed E-state index contributed by atoms with van der Waals surface area (Å²) in [7, 11) is 0. The first-order valence-electron chi connectivity index (χ1n) is 11.3. The lowest BCUT2D eigenvalue weighted by molar-refractivity contribution is -0.154. The normalized spacial score (nSPS) is 14.9. The second-order valence-corrected chi connectivity index (χ2v) is 8.11. The average Bonchev–Trinajstić information content (AvgIpc) is 2.84. The second kappa shape index (κ2) is 11.0. The summed E-state index contributed by atoms with van der Waals surface area (Å²) >= 11 is 0. The van der Waals surface area contributed by atoms with E-state index >= 15 is 0 Å². The fourth-order valence-corrected chi connectivity index (χ4v) is 3.48. The molecule has 2 aromatic carbocycles. The van der Waals surface area contributed by atoms with E-state index in [0.717, 1.165) is 31.2 Å². The first-order chi connectivity index (χ1) is 16.8. The maximum Gasteiger partial charge on any atom is 0.422 e. The third-order valence-electron chi connectivity index (χ3n) is 5.28. The Hall–Kier alpha value is -3.89. The zero-order valence-corrected chi connectivity index (χ0v) is 18.9. The van der Waals surface area contributed by atoms with Crippen LogP contribution in [0.2, 0.25) is 0 Å². The summed E-state index contributed by atoms with van der Waals surface area (Å²) in [6.07, 6.45) is -0.682. The van der Waals surface area contributed by atoms with Crippen molar-refractivity contribution in [2.24, 2.45) is 0 Å². The van der Waals surface area contributed by atoms with Crippen molar-refractivity contribution in [3.05, 3.63) is 65.2 Å². The molecule has 7 rings (SSSR count). The van der Waals surface area contributed by atoms with Gasteiger partial charge in [0.05, 0.1) is 0 Å². The SMILES string of the molecule is O=C1NCCCCCc2ccc(cc2)CNc2nc(nc(OCC(F)(F)F)n2)Nc2ccc1cc2. The van der Waals surface area contributed by atoms with E-state index in [9.17, 15) is 18.0 Å². The van der Waals surface area contributed by atoms with Gasteiger partial charge in [0.15, 0.2) is 6.61 Å². The largest absolute Gasteiger partial charge is 0.454 e. The number of amides is 1. The Morgan fingerprint density at radius 1 is 0.829 bits per heavy atom. The third-order valence-corrected chi connectivity index (χ3v) is 5.28. The van der Waals surface area contributed by atoms with Crippen molar-refractivity contribution < 1.29 is 22.7 Å². The molecule has 5 heterocycles. The number of rotatable bonds is 2. The van der Waals surface area contributed by atoms with Crippen LogP contribution in [0.15, 0.2) is 48.5 Å². The predicted octanol–water partition coefficient (Wildman–Crippen LogP) is 4.62. The highest BCUT2D eigenvalue weighted by Crippen LogP contribution is 2.21. The molecule has 3 aromatic rings. The number of alkyl halides is 3. The number of hydrogen-bond donors (Lipinski definition) is 3. The van der Waals surface area contributed by atoms with Crippen molar-refractivity contribution in [2.75, 3.05) is 23.8 Å². The molecule has 0 radical (unpaired) electrons. The van der Waals surface area contributed by atoms with Crippen LogP contribution < -0.4 is 20.7 Å². The summed E-state index contributed by atoms with van der Waals surface area (Å²) in [6, 6.07) is 14.2. The number of carbonyl (C=O) groups is 1.